The number of hydrogen-bond acceptors (Lipinski definition) is 20. The van der Waals surface area contributed by atoms with Crippen LogP contribution in [0.1, 0.15) is 64.2 Å². The van der Waals surface area contributed by atoms with Crippen molar-refractivity contribution in [2.75, 3.05) is 79.3 Å². The molecule has 0 saturated heterocycles. The molecule has 0 radical (unpaired) electrons. The molecule has 0 aliphatic heterocycles. The summed E-state index contributed by atoms with van der Waals surface area (Å²) in [4.78, 5) is 0. The van der Waals surface area contributed by atoms with E-state index in [2.05, 4.69) is 0 Å². The molecule has 0 aliphatic rings. The molecule has 0 aromatic rings. The van der Waals surface area contributed by atoms with E-state index in [0.29, 0.717) is 0 Å². The average Bonchev–Trinajstić information content (AvgIpc) is 3.25. The van der Waals surface area contributed by atoms with E-state index in [-0.39, 0.29) is 143 Å². The zero-order chi connectivity index (χ0) is 44.3. The van der Waals surface area contributed by atoms with Crippen molar-refractivity contribution in [1.82, 2.24) is 0 Å². The minimum Gasteiger partial charge on any atom is -0.378 e. The lowest BCUT2D eigenvalue weighted by molar-refractivity contribution is -0.244. The Hall–Kier alpha value is -5.50. The maximum Gasteiger partial charge on any atom is 0.115 e. The summed E-state index contributed by atoms with van der Waals surface area (Å²) in [5.74, 6) is 0. The van der Waals surface area contributed by atoms with Crippen LogP contribution in [-0.2, 0) is 47.4 Å². The maximum absolute atomic E-state index is 9.58. The molecule has 0 N–H and O–H groups in total. The second kappa shape index (κ2) is 40.3. The van der Waals surface area contributed by atoms with Crippen LogP contribution in [0.2, 0.25) is 0 Å². The van der Waals surface area contributed by atoms with Crippen LogP contribution in [0.25, 0.3) is 0 Å². The third-order valence-corrected chi connectivity index (χ3v) is 7.87. The van der Waals surface area contributed by atoms with Crippen molar-refractivity contribution in [2.24, 2.45) is 0 Å². The van der Waals surface area contributed by atoms with Gasteiger partial charge in [0.15, 0.2) is 0 Å². The first-order valence-corrected chi connectivity index (χ1v) is 19.3. The van der Waals surface area contributed by atoms with E-state index in [9.17, 15) is 42.1 Å². The Morgan fingerprint density at radius 2 is 0.417 bits per heavy atom. The predicted octanol–water partition coefficient (Wildman–Crippen LogP) is 3.24. The van der Waals surface area contributed by atoms with Gasteiger partial charge in [-0.3, -0.25) is 0 Å². The Bertz CT molecular complexity index is 1460. The van der Waals surface area contributed by atoms with E-state index in [0.717, 1.165) is 0 Å². The average molecular weight is 833 g/mol. The van der Waals surface area contributed by atoms with Crippen LogP contribution in [0.4, 0.5) is 0 Å². The molecular formula is C40H52N10O10. The molecule has 0 aliphatic carbocycles. The van der Waals surface area contributed by atoms with E-state index >= 15 is 0 Å². The van der Waals surface area contributed by atoms with Crippen molar-refractivity contribution in [3.05, 3.63) is 0 Å². The summed E-state index contributed by atoms with van der Waals surface area (Å²) >= 11 is 0. The standard InChI is InChI=1S/C40H52N10O10/c41-11-1-21-51-31-33(53-23-3-13-43)35(55-25-5-15-45)37(57-27-7-17-47)39(59-29-9-19-49)40(60-30-10-20-50)38(58-28-8-18-48)36(56-26-6-16-46)34(54-24-4-14-44)32-52-22-2-12-42/h33-40H,1-10,21-32H2. The third-order valence-electron chi connectivity index (χ3n) is 7.87. The lowest BCUT2D eigenvalue weighted by Gasteiger charge is -2.44. The fourth-order valence-electron chi connectivity index (χ4n) is 5.40. The highest BCUT2D eigenvalue weighted by molar-refractivity contribution is 4.99. The number of ether oxygens (including phenoxy) is 10. The van der Waals surface area contributed by atoms with Gasteiger partial charge in [-0.15, -0.1) is 0 Å². The number of rotatable bonds is 39. The summed E-state index contributed by atoms with van der Waals surface area (Å²) in [6.07, 6.45) is -10.7. The zero-order valence-corrected chi connectivity index (χ0v) is 33.7. The summed E-state index contributed by atoms with van der Waals surface area (Å²) in [6, 6.07) is 20.0. The van der Waals surface area contributed by atoms with Crippen LogP contribution in [0.3, 0.4) is 0 Å². The van der Waals surface area contributed by atoms with Gasteiger partial charge in [-0.2, -0.15) is 52.6 Å². The molecule has 0 rings (SSSR count). The van der Waals surface area contributed by atoms with Gasteiger partial charge in [0.2, 0.25) is 0 Å². The third kappa shape index (κ3) is 25.1. The molecule has 0 aromatic heterocycles. The first-order valence-electron chi connectivity index (χ1n) is 19.3. The number of nitriles is 10. The summed E-state index contributed by atoms with van der Waals surface area (Å²) in [5.41, 5.74) is 0. The second-order valence-electron chi connectivity index (χ2n) is 12.1. The molecule has 60 heavy (non-hydrogen) atoms. The molecule has 0 fully saturated rings. The van der Waals surface area contributed by atoms with Gasteiger partial charge in [-0.05, 0) is 0 Å². The molecule has 20 heteroatoms. The lowest BCUT2D eigenvalue weighted by Crippen LogP contribution is -2.61. The van der Waals surface area contributed by atoms with Crippen molar-refractivity contribution >= 4 is 0 Å². The predicted molar refractivity (Wildman–Crippen MR) is 202 cm³/mol. The Balaban J connectivity index is 8.13. The monoisotopic (exact) mass is 832 g/mol. The zero-order valence-electron chi connectivity index (χ0n) is 33.7. The lowest BCUT2D eigenvalue weighted by atomic mass is 9.91. The van der Waals surface area contributed by atoms with Crippen molar-refractivity contribution in [2.45, 2.75) is 113 Å². The molecule has 8 unspecified atom stereocenters. The second-order valence-corrected chi connectivity index (χ2v) is 12.1. The van der Waals surface area contributed by atoms with Gasteiger partial charge in [-0.25, -0.2) is 0 Å². The summed E-state index contributed by atoms with van der Waals surface area (Å²) in [5, 5.41) is 94.1. The van der Waals surface area contributed by atoms with Crippen molar-refractivity contribution < 1.29 is 47.4 Å². The fraction of sp³-hybridized carbons (Fsp3) is 0.750. The van der Waals surface area contributed by atoms with Crippen LogP contribution >= 0.6 is 0 Å². The summed E-state index contributed by atoms with van der Waals surface area (Å²) in [6.45, 7) is -1.83. The highest BCUT2D eigenvalue weighted by Crippen LogP contribution is 2.29. The highest BCUT2D eigenvalue weighted by Gasteiger charge is 2.49. The molecule has 0 saturated carbocycles. The Labute approximate surface area is 352 Å². The van der Waals surface area contributed by atoms with Crippen molar-refractivity contribution in [3.8, 4) is 60.7 Å². The normalized spacial score (nSPS) is 14.4. The molecule has 8 atom stereocenters. The van der Waals surface area contributed by atoms with E-state index in [1.165, 1.54) is 0 Å². The highest BCUT2D eigenvalue weighted by atomic mass is 16.6. The molecule has 322 valence electrons. The van der Waals surface area contributed by atoms with Crippen LogP contribution in [-0.4, -0.2) is 128 Å². The molecule has 0 aromatic carbocycles. The summed E-state index contributed by atoms with van der Waals surface area (Å²) < 4.78 is 62.1. The number of nitrogens with zero attached hydrogens (tertiary/aromatic N) is 10. The topological polar surface area (TPSA) is 330 Å². The first-order chi connectivity index (χ1) is 29.5. The first kappa shape index (κ1) is 54.5. The van der Waals surface area contributed by atoms with Gasteiger partial charge in [0.25, 0.3) is 0 Å². The minimum atomic E-state index is -1.38. The van der Waals surface area contributed by atoms with Crippen LogP contribution in [0, 0.1) is 113 Å². The van der Waals surface area contributed by atoms with Crippen LogP contribution < -0.4 is 0 Å². The molecule has 20 nitrogen and oxygen atoms in total. The van der Waals surface area contributed by atoms with E-state index in [1.54, 1.807) is 0 Å². The molecule has 0 bridgehead atoms. The Morgan fingerprint density at radius 3 is 0.650 bits per heavy atom. The van der Waals surface area contributed by atoms with Crippen LogP contribution in [0.15, 0.2) is 0 Å². The van der Waals surface area contributed by atoms with E-state index < -0.39 is 48.8 Å². The largest absolute Gasteiger partial charge is 0.378 e. The van der Waals surface area contributed by atoms with Gasteiger partial charge in [0, 0.05) is 0 Å². The van der Waals surface area contributed by atoms with Crippen LogP contribution in [0.5, 0.6) is 0 Å². The van der Waals surface area contributed by atoms with E-state index in [4.69, 9.17) is 57.9 Å². The summed E-state index contributed by atoms with van der Waals surface area (Å²) in [7, 11) is 0. The SMILES string of the molecule is N#CCCOCC(OCCC#N)C(OCCC#N)C(OCCC#N)C(OCCC#N)C(OCCC#N)C(OCCC#N)C(OCCC#N)C(COCCC#N)OCCC#N. The Kier molecular flexibility index (Phi) is 36.6. The molecule has 0 heterocycles. The van der Waals surface area contributed by atoms with Gasteiger partial charge in [0.05, 0.1) is 204 Å². The quantitative estimate of drug-likeness (QED) is 0.0802. The Morgan fingerprint density at radius 1 is 0.233 bits per heavy atom. The van der Waals surface area contributed by atoms with Gasteiger partial charge < -0.3 is 47.4 Å². The minimum absolute atomic E-state index is 0.00161. The molecule has 0 spiro atoms. The maximum atomic E-state index is 9.58. The van der Waals surface area contributed by atoms with E-state index in [1.807, 2.05) is 60.7 Å². The van der Waals surface area contributed by atoms with Gasteiger partial charge in [0.1, 0.15) is 48.8 Å². The molecular weight excluding hydrogens is 780 g/mol. The number of hydrogen-bond donors (Lipinski definition) is 0. The van der Waals surface area contributed by atoms with Crippen molar-refractivity contribution in [1.29, 1.82) is 52.6 Å². The van der Waals surface area contributed by atoms with Gasteiger partial charge >= 0.3 is 0 Å². The van der Waals surface area contributed by atoms with Crippen molar-refractivity contribution in [3.63, 3.8) is 0 Å². The smallest absolute Gasteiger partial charge is 0.115 e. The molecule has 0 amide bonds. The van der Waals surface area contributed by atoms with Gasteiger partial charge in [-0.1, -0.05) is 0 Å². The fourth-order valence-corrected chi connectivity index (χ4v) is 5.40.